The van der Waals surface area contributed by atoms with Crippen LogP contribution in [0.1, 0.15) is 41.6 Å². The maximum absolute atomic E-state index is 12.8. The number of hydrogen-bond donors (Lipinski definition) is 2. The summed E-state index contributed by atoms with van der Waals surface area (Å²) in [6, 6.07) is 16.4. The molecule has 28 heavy (non-hydrogen) atoms. The van der Waals surface area contributed by atoms with Gasteiger partial charge in [0.25, 0.3) is 5.91 Å². The smallest absolute Gasteiger partial charge is 0.303 e. The van der Waals surface area contributed by atoms with Crippen LogP contribution in [0.5, 0.6) is 0 Å². The summed E-state index contributed by atoms with van der Waals surface area (Å²) in [4.78, 5) is 37.4. The predicted octanol–water partition coefficient (Wildman–Crippen LogP) is 3.02. The van der Waals surface area contributed by atoms with Crippen LogP contribution in [0, 0.1) is 0 Å². The van der Waals surface area contributed by atoms with E-state index in [9.17, 15) is 14.4 Å². The predicted molar refractivity (Wildman–Crippen MR) is 106 cm³/mol. The Morgan fingerprint density at radius 3 is 2.57 bits per heavy atom. The van der Waals surface area contributed by atoms with Gasteiger partial charge in [0, 0.05) is 36.7 Å². The highest BCUT2D eigenvalue weighted by atomic mass is 16.4. The normalized spacial score (nSPS) is 14.7. The van der Waals surface area contributed by atoms with E-state index in [0.717, 1.165) is 17.7 Å². The quantitative estimate of drug-likeness (QED) is 0.737. The monoisotopic (exact) mass is 380 g/mol. The lowest BCUT2D eigenvalue weighted by atomic mass is 10.0. The molecular formula is C22H24N2O4. The molecular weight excluding hydrogens is 356 g/mol. The molecule has 3 rings (SSSR count). The summed E-state index contributed by atoms with van der Waals surface area (Å²) >= 11 is 0. The largest absolute Gasteiger partial charge is 0.481 e. The molecule has 6 nitrogen and oxygen atoms in total. The van der Waals surface area contributed by atoms with Gasteiger partial charge in [-0.25, -0.2) is 0 Å². The number of aliphatic carboxylic acids is 1. The highest BCUT2D eigenvalue weighted by Crippen LogP contribution is 2.22. The topological polar surface area (TPSA) is 86.7 Å². The standard InChI is InChI=1S/C22H24N2O4/c25-20-10-5-13-24(20)19-9-4-8-17(15-19)22(28)23-18(11-12-21(26)27)14-16-6-2-1-3-7-16/h1-4,6-9,15,18H,5,10-14H2,(H,23,28)(H,26,27). The molecule has 146 valence electrons. The van der Waals surface area contributed by atoms with Crippen LogP contribution in [0.25, 0.3) is 0 Å². The van der Waals surface area contributed by atoms with Gasteiger partial charge in [-0.3, -0.25) is 14.4 Å². The van der Waals surface area contributed by atoms with Crippen LogP contribution in [0.15, 0.2) is 54.6 Å². The molecule has 0 saturated carbocycles. The van der Waals surface area contributed by atoms with Crippen LogP contribution in [0.3, 0.4) is 0 Å². The summed E-state index contributed by atoms with van der Waals surface area (Å²) in [7, 11) is 0. The molecule has 0 radical (unpaired) electrons. The Balaban J connectivity index is 1.71. The van der Waals surface area contributed by atoms with Crippen molar-refractivity contribution in [2.24, 2.45) is 0 Å². The zero-order valence-corrected chi connectivity index (χ0v) is 15.6. The van der Waals surface area contributed by atoms with Crippen molar-refractivity contribution in [3.05, 3.63) is 65.7 Å². The third-order valence-electron chi connectivity index (χ3n) is 4.86. The first-order valence-corrected chi connectivity index (χ1v) is 9.50. The Kier molecular flexibility index (Phi) is 6.42. The molecule has 0 aliphatic carbocycles. The highest BCUT2D eigenvalue weighted by molar-refractivity contribution is 5.99. The van der Waals surface area contributed by atoms with Crippen molar-refractivity contribution in [2.45, 2.75) is 38.1 Å². The Morgan fingerprint density at radius 2 is 1.89 bits per heavy atom. The zero-order valence-electron chi connectivity index (χ0n) is 15.6. The molecule has 1 aliphatic rings. The fourth-order valence-corrected chi connectivity index (χ4v) is 3.43. The van der Waals surface area contributed by atoms with Gasteiger partial charge in [-0.05, 0) is 43.0 Å². The molecule has 1 atom stereocenters. The lowest BCUT2D eigenvalue weighted by molar-refractivity contribution is -0.137. The number of carbonyl (C=O) groups is 3. The van der Waals surface area contributed by atoms with Gasteiger partial charge in [-0.2, -0.15) is 0 Å². The van der Waals surface area contributed by atoms with Crippen molar-refractivity contribution in [1.82, 2.24) is 5.32 Å². The van der Waals surface area contributed by atoms with Crippen molar-refractivity contribution in [3.63, 3.8) is 0 Å². The van der Waals surface area contributed by atoms with Crippen molar-refractivity contribution < 1.29 is 19.5 Å². The molecule has 1 aliphatic heterocycles. The number of carboxylic acids is 1. The molecule has 2 amide bonds. The summed E-state index contributed by atoms with van der Waals surface area (Å²) < 4.78 is 0. The number of benzene rings is 2. The molecule has 1 heterocycles. The number of carbonyl (C=O) groups excluding carboxylic acids is 2. The Morgan fingerprint density at radius 1 is 1.11 bits per heavy atom. The van der Waals surface area contributed by atoms with E-state index in [1.165, 1.54) is 0 Å². The highest BCUT2D eigenvalue weighted by Gasteiger charge is 2.23. The van der Waals surface area contributed by atoms with E-state index in [-0.39, 0.29) is 24.3 Å². The number of amides is 2. The van der Waals surface area contributed by atoms with Crippen molar-refractivity contribution >= 4 is 23.5 Å². The van der Waals surface area contributed by atoms with Gasteiger partial charge in [0.2, 0.25) is 5.91 Å². The van der Waals surface area contributed by atoms with E-state index < -0.39 is 5.97 Å². The summed E-state index contributed by atoms with van der Waals surface area (Å²) in [5, 5.41) is 12.0. The second kappa shape index (κ2) is 9.17. The number of rotatable bonds is 8. The SMILES string of the molecule is O=C(O)CCC(Cc1ccccc1)NC(=O)c1cccc(N2CCCC2=O)c1. The van der Waals surface area contributed by atoms with Gasteiger partial charge in [0.05, 0.1) is 0 Å². The lowest BCUT2D eigenvalue weighted by Gasteiger charge is -2.20. The average molecular weight is 380 g/mol. The van der Waals surface area contributed by atoms with Crippen LogP contribution in [0.4, 0.5) is 5.69 Å². The minimum atomic E-state index is -0.887. The third-order valence-corrected chi connectivity index (χ3v) is 4.86. The van der Waals surface area contributed by atoms with Gasteiger partial charge in [-0.15, -0.1) is 0 Å². The number of nitrogens with zero attached hydrogens (tertiary/aromatic N) is 1. The van der Waals surface area contributed by atoms with E-state index in [2.05, 4.69) is 5.32 Å². The third kappa shape index (κ3) is 5.19. The first-order chi connectivity index (χ1) is 13.5. The molecule has 1 saturated heterocycles. The maximum Gasteiger partial charge on any atom is 0.303 e. The minimum Gasteiger partial charge on any atom is -0.481 e. The summed E-state index contributed by atoms with van der Waals surface area (Å²) in [6.07, 6.45) is 2.25. The number of hydrogen-bond acceptors (Lipinski definition) is 3. The van der Waals surface area contributed by atoms with Gasteiger partial charge in [-0.1, -0.05) is 36.4 Å². The van der Waals surface area contributed by atoms with E-state index in [1.807, 2.05) is 36.4 Å². The summed E-state index contributed by atoms with van der Waals surface area (Å²) in [5.74, 6) is -1.08. The van der Waals surface area contributed by atoms with Crippen molar-refractivity contribution in [2.75, 3.05) is 11.4 Å². The van der Waals surface area contributed by atoms with Crippen LogP contribution in [-0.4, -0.2) is 35.5 Å². The molecule has 0 spiro atoms. The molecule has 6 heteroatoms. The molecule has 2 N–H and O–H groups in total. The molecule has 1 unspecified atom stereocenters. The number of carboxylic acid groups (broad SMARTS) is 1. The molecule has 0 bridgehead atoms. The van der Waals surface area contributed by atoms with Crippen molar-refractivity contribution in [1.29, 1.82) is 0 Å². The van der Waals surface area contributed by atoms with E-state index in [1.54, 1.807) is 23.1 Å². The van der Waals surface area contributed by atoms with Crippen LogP contribution >= 0.6 is 0 Å². The lowest BCUT2D eigenvalue weighted by Crippen LogP contribution is -2.37. The minimum absolute atomic E-state index is 0.0138. The summed E-state index contributed by atoms with van der Waals surface area (Å²) in [5.41, 5.74) is 2.22. The Bertz CT molecular complexity index is 851. The Labute approximate surface area is 164 Å². The van der Waals surface area contributed by atoms with Gasteiger partial charge >= 0.3 is 5.97 Å². The van der Waals surface area contributed by atoms with Gasteiger partial charge in [0.15, 0.2) is 0 Å². The maximum atomic E-state index is 12.8. The zero-order chi connectivity index (χ0) is 19.9. The van der Waals surface area contributed by atoms with Gasteiger partial charge in [0.1, 0.15) is 0 Å². The summed E-state index contributed by atoms with van der Waals surface area (Å²) in [6.45, 7) is 0.666. The molecule has 1 fully saturated rings. The van der Waals surface area contributed by atoms with Crippen molar-refractivity contribution in [3.8, 4) is 0 Å². The molecule has 2 aromatic carbocycles. The van der Waals surface area contributed by atoms with Gasteiger partial charge < -0.3 is 15.3 Å². The second-order valence-electron chi connectivity index (χ2n) is 6.99. The fourth-order valence-electron chi connectivity index (χ4n) is 3.43. The Hall–Kier alpha value is -3.15. The fraction of sp³-hybridized carbons (Fsp3) is 0.318. The van der Waals surface area contributed by atoms with E-state index in [4.69, 9.17) is 5.11 Å². The van der Waals surface area contributed by atoms with E-state index in [0.29, 0.717) is 31.4 Å². The molecule has 2 aromatic rings. The second-order valence-corrected chi connectivity index (χ2v) is 6.99. The number of nitrogens with one attached hydrogen (secondary N) is 1. The number of anilines is 1. The first-order valence-electron chi connectivity index (χ1n) is 9.50. The first kappa shape index (κ1) is 19.6. The van der Waals surface area contributed by atoms with Crippen LogP contribution in [-0.2, 0) is 16.0 Å². The van der Waals surface area contributed by atoms with Crippen LogP contribution in [0.2, 0.25) is 0 Å². The molecule has 0 aromatic heterocycles. The van der Waals surface area contributed by atoms with Crippen LogP contribution < -0.4 is 10.2 Å². The average Bonchev–Trinajstić information content (AvgIpc) is 3.13. The van der Waals surface area contributed by atoms with E-state index >= 15 is 0 Å².